The van der Waals surface area contributed by atoms with E-state index in [4.69, 9.17) is 11.6 Å². The summed E-state index contributed by atoms with van der Waals surface area (Å²) in [5.41, 5.74) is -1.36. The monoisotopic (exact) mass is 279 g/mol. The highest BCUT2D eigenvalue weighted by molar-refractivity contribution is 6.28. The van der Waals surface area contributed by atoms with E-state index in [0.29, 0.717) is 6.07 Å². The Hall–Kier alpha value is -1.63. The van der Waals surface area contributed by atoms with Crippen molar-refractivity contribution < 1.29 is 17.6 Å². The van der Waals surface area contributed by atoms with Crippen molar-refractivity contribution in [3.63, 3.8) is 0 Å². The van der Waals surface area contributed by atoms with Gasteiger partial charge in [-0.1, -0.05) is 0 Å². The van der Waals surface area contributed by atoms with Gasteiger partial charge in [-0.2, -0.15) is 13.2 Å². The van der Waals surface area contributed by atoms with Crippen molar-refractivity contribution in [2.24, 2.45) is 0 Å². The van der Waals surface area contributed by atoms with Crippen LogP contribution in [0.15, 0.2) is 12.1 Å². The van der Waals surface area contributed by atoms with Gasteiger partial charge in [-0.15, -0.1) is 0 Å². The van der Waals surface area contributed by atoms with Crippen LogP contribution in [0.3, 0.4) is 0 Å². The molecule has 2 aromatic rings. The van der Waals surface area contributed by atoms with Gasteiger partial charge in [-0.05, 0) is 23.7 Å². The molecule has 0 spiro atoms. The van der Waals surface area contributed by atoms with Crippen LogP contribution in [0.4, 0.5) is 23.4 Å². The molecule has 1 heterocycles. The number of anilines is 1. The molecule has 0 unspecified atom stereocenters. The van der Waals surface area contributed by atoms with Crippen molar-refractivity contribution in [3.8, 4) is 0 Å². The van der Waals surface area contributed by atoms with E-state index in [2.05, 4.69) is 15.3 Å². The predicted molar refractivity (Wildman–Crippen MR) is 59.1 cm³/mol. The zero-order chi connectivity index (χ0) is 13.5. The second-order valence-corrected chi connectivity index (χ2v) is 3.78. The number of hydrogen-bond donors (Lipinski definition) is 1. The molecule has 0 aliphatic carbocycles. The van der Waals surface area contributed by atoms with E-state index < -0.39 is 17.6 Å². The summed E-state index contributed by atoms with van der Waals surface area (Å²) in [6, 6.07) is 1.16. The molecule has 0 fully saturated rings. The van der Waals surface area contributed by atoms with Crippen molar-refractivity contribution in [2.75, 3.05) is 12.4 Å². The van der Waals surface area contributed by atoms with E-state index in [1.807, 2.05) is 0 Å². The summed E-state index contributed by atoms with van der Waals surface area (Å²) in [5.74, 6) is -1.06. The van der Waals surface area contributed by atoms with E-state index >= 15 is 0 Å². The van der Waals surface area contributed by atoms with Gasteiger partial charge in [0.2, 0.25) is 5.28 Å². The Bertz CT molecular complexity index is 612. The van der Waals surface area contributed by atoms with Crippen molar-refractivity contribution in [3.05, 3.63) is 28.8 Å². The molecule has 0 saturated heterocycles. The molecule has 2 rings (SSSR count). The largest absolute Gasteiger partial charge is 0.416 e. The minimum atomic E-state index is -4.64. The number of nitrogens with one attached hydrogen (secondary N) is 1. The topological polar surface area (TPSA) is 37.8 Å². The van der Waals surface area contributed by atoms with E-state index in [1.54, 1.807) is 0 Å². The van der Waals surface area contributed by atoms with Crippen molar-refractivity contribution in [1.82, 2.24) is 9.97 Å². The standard InChI is InChI=1S/C10H6ClF4N3/c1-16-8-5-2-4(10(13,14)15)3-6(12)7(5)17-9(11)18-8/h2-3H,1H3,(H,16,17,18). The van der Waals surface area contributed by atoms with Gasteiger partial charge < -0.3 is 5.32 Å². The van der Waals surface area contributed by atoms with Gasteiger partial charge in [-0.3, -0.25) is 0 Å². The van der Waals surface area contributed by atoms with Crippen molar-refractivity contribution in [2.45, 2.75) is 6.18 Å². The van der Waals surface area contributed by atoms with Gasteiger partial charge in [0.1, 0.15) is 17.2 Å². The molecule has 0 amide bonds. The molecule has 18 heavy (non-hydrogen) atoms. The molecule has 96 valence electrons. The Labute approximate surface area is 104 Å². The highest BCUT2D eigenvalue weighted by atomic mass is 35.5. The Kier molecular flexibility index (Phi) is 3.02. The molecule has 0 aliphatic rings. The fourth-order valence-corrected chi connectivity index (χ4v) is 1.69. The van der Waals surface area contributed by atoms with Crippen LogP contribution in [0.1, 0.15) is 5.56 Å². The number of fused-ring (bicyclic) bond motifs is 1. The second kappa shape index (κ2) is 4.24. The summed E-state index contributed by atoms with van der Waals surface area (Å²) < 4.78 is 51.3. The molecule has 3 nitrogen and oxygen atoms in total. The number of halogens is 5. The first-order chi connectivity index (χ1) is 8.32. The van der Waals surface area contributed by atoms with Crippen LogP contribution in [-0.2, 0) is 6.18 Å². The quantitative estimate of drug-likeness (QED) is 0.641. The number of nitrogens with zero attached hydrogens (tertiary/aromatic N) is 2. The minimum Gasteiger partial charge on any atom is -0.372 e. The number of benzene rings is 1. The SMILES string of the molecule is CNc1nc(Cl)nc2c(F)cc(C(F)(F)F)cc12. The summed E-state index contributed by atoms with van der Waals surface area (Å²) in [7, 11) is 1.44. The smallest absolute Gasteiger partial charge is 0.372 e. The van der Waals surface area contributed by atoms with E-state index in [1.165, 1.54) is 7.05 Å². The first kappa shape index (κ1) is 12.8. The number of rotatable bonds is 1. The molecule has 0 saturated carbocycles. The lowest BCUT2D eigenvalue weighted by atomic mass is 10.1. The van der Waals surface area contributed by atoms with Crippen LogP contribution in [-0.4, -0.2) is 17.0 Å². The van der Waals surface area contributed by atoms with Crippen LogP contribution < -0.4 is 5.32 Å². The van der Waals surface area contributed by atoms with Gasteiger partial charge >= 0.3 is 6.18 Å². The lowest BCUT2D eigenvalue weighted by molar-refractivity contribution is -0.137. The molecule has 0 radical (unpaired) electrons. The predicted octanol–water partition coefficient (Wildman–Crippen LogP) is 3.48. The molecule has 0 bridgehead atoms. The van der Waals surface area contributed by atoms with Gasteiger partial charge in [0, 0.05) is 12.4 Å². The second-order valence-electron chi connectivity index (χ2n) is 3.44. The molecular formula is C10H6ClF4N3. The van der Waals surface area contributed by atoms with Gasteiger partial charge in [0.05, 0.1) is 5.56 Å². The third-order valence-corrected chi connectivity index (χ3v) is 2.46. The number of aromatic nitrogens is 2. The van der Waals surface area contributed by atoms with E-state index in [9.17, 15) is 17.6 Å². The Morgan fingerprint density at radius 2 is 1.89 bits per heavy atom. The third-order valence-electron chi connectivity index (χ3n) is 2.29. The number of hydrogen-bond acceptors (Lipinski definition) is 3. The van der Waals surface area contributed by atoms with Crippen molar-refractivity contribution >= 4 is 28.3 Å². The van der Waals surface area contributed by atoms with Crippen LogP contribution in [0, 0.1) is 5.82 Å². The number of alkyl halides is 3. The summed E-state index contributed by atoms with van der Waals surface area (Å²) in [4.78, 5) is 7.27. The van der Waals surface area contributed by atoms with Crippen molar-refractivity contribution in [1.29, 1.82) is 0 Å². The first-order valence-electron chi connectivity index (χ1n) is 4.74. The summed E-state index contributed by atoms with van der Waals surface area (Å²) in [6.45, 7) is 0. The lowest BCUT2D eigenvalue weighted by Crippen LogP contribution is -2.07. The summed E-state index contributed by atoms with van der Waals surface area (Å²) in [5, 5.41) is 2.23. The third kappa shape index (κ3) is 2.17. The zero-order valence-electron chi connectivity index (χ0n) is 8.94. The minimum absolute atomic E-state index is 0.0370. The molecule has 1 aromatic carbocycles. The van der Waals surface area contributed by atoms with Gasteiger partial charge in [0.25, 0.3) is 0 Å². The maximum absolute atomic E-state index is 13.6. The fourth-order valence-electron chi connectivity index (χ4n) is 1.52. The summed E-state index contributed by atoms with van der Waals surface area (Å²) in [6.07, 6.45) is -4.64. The van der Waals surface area contributed by atoms with E-state index in [-0.39, 0.29) is 22.0 Å². The molecule has 1 aromatic heterocycles. The molecule has 1 N–H and O–H groups in total. The van der Waals surface area contributed by atoms with E-state index in [0.717, 1.165) is 6.07 Å². The zero-order valence-corrected chi connectivity index (χ0v) is 9.69. The average Bonchev–Trinajstić information content (AvgIpc) is 2.27. The Morgan fingerprint density at radius 1 is 1.22 bits per heavy atom. The van der Waals surface area contributed by atoms with Crippen LogP contribution in [0.5, 0.6) is 0 Å². The molecule has 0 atom stereocenters. The highest BCUT2D eigenvalue weighted by Crippen LogP contribution is 2.34. The normalized spacial score (nSPS) is 11.9. The van der Waals surface area contributed by atoms with Gasteiger partial charge in [-0.25, -0.2) is 14.4 Å². The molecular weight excluding hydrogens is 274 g/mol. The summed E-state index contributed by atoms with van der Waals surface area (Å²) >= 11 is 5.55. The van der Waals surface area contributed by atoms with Gasteiger partial charge in [0.15, 0.2) is 0 Å². The molecule has 8 heteroatoms. The Balaban J connectivity index is 2.83. The fraction of sp³-hybridized carbons (Fsp3) is 0.200. The highest BCUT2D eigenvalue weighted by Gasteiger charge is 2.32. The first-order valence-corrected chi connectivity index (χ1v) is 5.12. The lowest BCUT2D eigenvalue weighted by Gasteiger charge is -2.10. The van der Waals surface area contributed by atoms with Crippen LogP contribution >= 0.6 is 11.6 Å². The van der Waals surface area contributed by atoms with Crippen LogP contribution in [0.25, 0.3) is 10.9 Å². The van der Waals surface area contributed by atoms with Crippen LogP contribution in [0.2, 0.25) is 5.28 Å². The maximum Gasteiger partial charge on any atom is 0.416 e. The Morgan fingerprint density at radius 3 is 2.44 bits per heavy atom. The average molecular weight is 280 g/mol. The maximum atomic E-state index is 13.6. The molecule has 0 aliphatic heterocycles.